The van der Waals surface area contributed by atoms with E-state index < -0.39 is 11.9 Å². The highest BCUT2D eigenvalue weighted by molar-refractivity contribution is 5.76. The summed E-state index contributed by atoms with van der Waals surface area (Å²) in [6.07, 6.45) is 0. The van der Waals surface area contributed by atoms with E-state index in [4.69, 9.17) is 5.11 Å². The summed E-state index contributed by atoms with van der Waals surface area (Å²) in [5.41, 5.74) is 0.627. The number of carbonyl (C=O) groups is 2. The van der Waals surface area contributed by atoms with E-state index in [1.54, 1.807) is 30.3 Å². The maximum atomic E-state index is 10.8. The van der Waals surface area contributed by atoms with Crippen LogP contribution in [0.5, 0.6) is 0 Å². The summed E-state index contributed by atoms with van der Waals surface area (Å²) >= 11 is 0. The average Bonchev–Trinajstić information content (AvgIpc) is 2.19. The number of ether oxygens (including phenoxy) is 1. The molecule has 0 fully saturated rings. The molecular formula is C10H10O4. The van der Waals surface area contributed by atoms with Gasteiger partial charge in [0.25, 0.3) is 6.47 Å². The van der Waals surface area contributed by atoms with Gasteiger partial charge in [-0.25, -0.2) is 0 Å². The predicted molar refractivity (Wildman–Crippen MR) is 48.8 cm³/mol. The third kappa shape index (κ3) is 2.58. The van der Waals surface area contributed by atoms with Gasteiger partial charge in [0.2, 0.25) is 0 Å². The van der Waals surface area contributed by atoms with Crippen molar-refractivity contribution in [1.29, 1.82) is 0 Å². The van der Waals surface area contributed by atoms with Crippen LogP contribution in [0.1, 0.15) is 11.5 Å². The van der Waals surface area contributed by atoms with Gasteiger partial charge in [-0.05, 0) is 5.56 Å². The van der Waals surface area contributed by atoms with Crippen molar-refractivity contribution >= 4 is 12.4 Å². The molecule has 1 N–H and O–H groups in total. The van der Waals surface area contributed by atoms with Gasteiger partial charge in [0.15, 0.2) is 0 Å². The smallest absolute Gasteiger partial charge is 0.314 e. The number of carboxylic acid groups (broad SMARTS) is 1. The lowest BCUT2D eigenvalue weighted by atomic mass is 10.0. The normalized spacial score (nSPS) is 11.7. The zero-order valence-corrected chi connectivity index (χ0v) is 7.42. The number of hydrogen-bond acceptors (Lipinski definition) is 3. The molecule has 0 aliphatic rings. The van der Waals surface area contributed by atoms with Gasteiger partial charge in [-0.3, -0.25) is 9.59 Å². The van der Waals surface area contributed by atoms with Crippen LogP contribution in [0.2, 0.25) is 0 Å². The molecule has 0 aromatic heterocycles. The summed E-state index contributed by atoms with van der Waals surface area (Å²) in [6, 6.07) is 8.65. The number of rotatable bonds is 5. The van der Waals surface area contributed by atoms with Crippen LogP contribution in [-0.2, 0) is 14.3 Å². The number of carbonyl (C=O) groups excluding carboxylic acids is 1. The lowest BCUT2D eigenvalue weighted by molar-refractivity contribution is -0.141. The van der Waals surface area contributed by atoms with Crippen molar-refractivity contribution in [3.8, 4) is 0 Å². The fourth-order valence-electron chi connectivity index (χ4n) is 1.13. The molecule has 0 spiro atoms. The van der Waals surface area contributed by atoms with Gasteiger partial charge in [-0.2, -0.15) is 0 Å². The highest BCUT2D eigenvalue weighted by Gasteiger charge is 2.19. The maximum Gasteiger partial charge on any atom is 0.314 e. The number of benzene rings is 1. The molecule has 1 unspecified atom stereocenters. The third-order valence-electron chi connectivity index (χ3n) is 1.83. The zero-order valence-electron chi connectivity index (χ0n) is 7.42. The molecule has 1 rings (SSSR count). The van der Waals surface area contributed by atoms with Crippen molar-refractivity contribution in [2.75, 3.05) is 6.61 Å². The molecule has 1 atom stereocenters. The minimum Gasteiger partial charge on any atom is -0.481 e. The second-order valence-electron chi connectivity index (χ2n) is 2.73. The summed E-state index contributed by atoms with van der Waals surface area (Å²) in [6.45, 7) is 0.113. The van der Waals surface area contributed by atoms with Gasteiger partial charge in [-0.15, -0.1) is 0 Å². The van der Waals surface area contributed by atoms with E-state index in [2.05, 4.69) is 4.74 Å². The Bertz CT molecular complexity index is 307. The molecular weight excluding hydrogens is 184 g/mol. The van der Waals surface area contributed by atoms with Crippen LogP contribution in [-0.4, -0.2) is 24.2 Å². The third-order valence-corrected chi connectivity index (χ3v) is 1.83. The monoisotopic (exact) mass is 194 g/mol. The van der Waals surface area contributed by atoms with Crippen molar-refractivity contribution < 1.29 is 19.4 Å². The Morgan fingerprint density at radius 3 is 2.57 bits per heavy atom. The summed E-state index contributed by atoms with van der Waals surface area (Å²) in [7, 11) is 0. The molecule has 0 aliphatic heterocycles. The van der Waals surface area contributed by atoms with E-state index in [-0.39, 0.29) is 13.1 Å². The van der Waals surface area contributed by atoms with E-state index >= 15 is 0 Å². The first-order valence-corrected chi connectivity index (χ1v) is 4.08. The molecule has 0 aliphatic carbocycles. The zero-order chi connectivity index (χ0) is 10.4. The Morgan fingerprint density at radius 2 is 2.07 bits per heavy atom. The average molecular weight is 194 g/mol. The Kier molecular flexibility index (Phi) is 3.67. The van der Waals surface area contributed by atoms with E-state index in [0.29, 0.717) is 5.56 Å². The van der Waals surface area contributed by atoms with Gasteiger partial charge in [0, 0.05) is 0 Å². The van der Waals surface area contributed by atoms with E-state index in [1.165, 1.54) is 0 Å². The highest BCUT2D eigenvalue weighted by Crippen LogP contribution is 2.15. The van der Waals surface area contributed by atoms with Crippen LogP contribution in [0.25, 0.3) is 0 Å². The predicted octanol–water partition coefficient (Wildman–Crippen LogP) is 1.03. The summed E-state index contributed by atoms with van der Waals surface area (Å²) in [5, 5.41) is 8.86. The van der Waals surface area contributed by atoms with Crippen LogP contribution in [0.15, 0.2) is 30.3 Å². The molecule has 0 bridgehead atoms. The van der Waals surface area contributed by atoms with E-state index in [0.717, 1.165) is 0 Å². The van der Waals surface area contributed by atoms with Gasteiger partial charge in [0.1, 0.15) is 12.5 Å². The minimum atomic E-state index is -1.00. The van der Waals surface area contributed by atoms with E-state index in [9.17, 15) is 9.59 Å². The van der Waals surface area contributed by atoms with Gasteiger partial charge < -0.3 is 9.84 Å². The molecule has 74 valence electrons. The Balaban J connectivity index is 2.78. The van der Waals surface area contributed by atoms with Crippen LogP contribution in [0.3, 0.4) is 0 Å². The SMILES string of the molecule is O=COCC(C(=O)O)c1ccccc1. The molecule has 0 amide bonds. The lowest BCUT2D eigenvalue weighted by Crippen LogP contribution is -2.17. The molecule has 4 heteroatoms. The van der Waals surface area contributed by atoms with Crippen molar-refractivity contribution in [1.82, 2.24) is 0 Å². The largest absolute Gasteiger partial charge is 0.481 e. The van der Waals surface area contributed by atoms with Crippen LogP contribution < -0.4 is 0 Å². The number of carboxylic acids is 1. The van der Waals surface area contributed by atoms with E-state index in [1.807, 2.05) is 0 Å². The maximum absolute atomic E-state index is 10.8. The second-order valence-corrected chi connectivity index (χ2v) is 2.73. The Morgan fingerprint density at radius 1 is 1.43 bits per heavy atom. The molecule has 14 heavy (non-hydrogen) atoms. The fraction of sp³-hybridized carbons (Fsp3) is 0.200. The van der Waals surface area contributed by atoms with Crippen molar-refractivity contribution in [3.63, 3.8) is 0 Å². The van der Waals surface area contributed by atoms with Crippen molar-refractivity contribution in [2.45, 2.75) is 5.92 Å². The second kappa shape index (κ2) is 5.01. The number of aliphatic carboxylic acids is 1. The lowest BCUT2D eigenvalue weighted by Gasteiger charge is -2.10. The standard InChI is InChI=1S/C10H10O4/c11-7-14-6-9(10(12)13)8-4-2-1-3-5-8/h1-5,7,9H,6H2,(H,12,13). The molecule has 0 saturated carbocycles. The molecule has 1 aromatic rings. The van der Waals surface area contributed by atoms with Crippen LogP contribution >= 0.6 is 0 Å². The molecule has 0 heterocycles. The summed E-state index contributed by atoms with van der Waals surface area (Å²) < 4.78 is 4.45. The number of hydrogen-bond donors (Lipinski definition) is 1. The van der Waals surface area contributed by atoms with Gasteiger partial charge >= 0.3 is 5.97 Å². The summed E-state index contributed by atoms with van der Waals surface area (Å²) in [5.74, 6) is -1.79. The quantitative estimate of drug-likeness (QED) is 0.711. The Hall–Kier alpha value is -1.84. The topological polar surface area (TPSA) is 63.6 Å². The van der Waals surface area contributed by atoms with Crippen molar-refractivity contribution in [2.24, 2.45) is 0 Å². The first-order chi connectivity index (χ1) is 6.75. The first-order valence-electron chi connectivity index (χ1n) is 4.08. The highest BCUT2D eigenvalue weighted by atomic mass is 16.5. The van der Waals surface area contributed by atoms with Gasteiger partial charge in [-0.1, -0.05) is 30.3 Å². The molecule has 0 radical (unpaired) electrons. The van der Waals surface area contributed by atoms with Gasteiger partial charge in [0.05, 0.1) is 0 Å². The molecule has 1 aromatic carbocycles. The summed E-state index contributed by atoms with van der Waals surface area (Å²) in [4.78, 5) is 20.8. The van der Waals surface area contributed by atoms with Crippen molar-refractivity contribution in [3.05, 3.63) is 35.9 Å². The minimum absolute atomic E-state index is 0.136. The molecule has 4 nitrogen and oxygen atoms in total. The fourth-order valence-corrected chi connectivity index (χ4v) is 1.13. The van der Waals surface area contributed by atoms with Crippen LogP contribution in [0, 0.1) is 0 Å². The van der Waals surface area contributed by atoms with Crippen LogP contribution in [0.4, 0.5) is 0 Å². The molecule has 0 saturated heterocycles. The Labute approximate surface area is 81.1 Å². The first kappa shape index (κ1) is 10.2.